The van der Waals surface area contributed by atoms with Crippen LogP contribution in [0.15, 0.2) is 35.8 Å². The summed E-state index contributed by atoms with van der Waals surface area (Å²) in [6, 6.07) is 6.09. The Kier molecular flexibility index (Phi) is 6.56. The van der Waals surface area contributed by atoms with Crippen LogP contribution in [0.1, 0.15) is 22.8 Å². The van der Waals surface area contributed by atoms with Crippen molar-refractivity contribution in [1.82, 2.24) is 25.4 Å². The van der Waals surface area contributed by atoms with E-state index in [1.807, 2.05) is 37.6 Å². The van der Waals surface area contributed by atoms with Gasteiger partial charge in [0.05, 0.1) is 20.2 Å². The predicted molar refractivity (Wildman–Crippen MR) is 99.6 cm³/mol. The summed E-state index contributed by atoms with van der Waals surface area (Å²) in [5.74, 6) is 3.26. The topological polar surface area (TPSA) is 76.4 Å². The maximum absolute atomic E-state index is 5.32. The van der Waals surface area contributed by atoms with Crippen LogP contribution in [-0.2, 0) is 20.1 Å². The Morgan fingerprint density at radius 1 is 1.28 bits per heavy atom. The van der Waals surface area contributed by atoms with Gasteiger partial charge in [0.2, 0.25) is 0 Å². The van der Waals surface area contributed by atoms with Gasteiger partial charge in [0.1, 0.15) is 11.6 Å². The number of hydrogen-bond donors (Lipinski definition) is 2. The Labute approximate surface area is 148 Å². The fourth-order valence-corrected chi connectivity index (χ4v) is 2.31. The van der Waals surface area contributed by atoms with Crippen LogP contribution in [0.4, 0.5) is 0 Å². The first kappa shape index (κ1) is 18.5. The maximum Gasteiger partial charge on any atom is 0.192 e. The largest absolute Gasteiger partial charge is 0.497 e. The Balaban J connectivity index is 2.07. The van der Waals surface area contributed by atoms with Crippen LogP contribution >= 0.6 is 0 Å². The zero-order valence-corrected chi connectivity index (χ0v) is 15.3. The van der Waals surface area contributed by atoms with Crippen molar-refractivity contribution in [2.45, 2.75) is 26.9 Å². The van der Waals surface area contributed by atoms with E-state index in [4.69, 9.17) is 4.74 Å². The van der Waals surface area contributed by atoms with Crippen LogP contribution < -0.4 is 15.4 Å². The van der Waals surface area contributed by atoms with E-state index in [0.717, 1.165) is 28.5 Å². The third-order valence-corrected chi connectivity index (χ3v) is 3.78. The number of methoxy groups -OCH3 is 1. The number of guanidine groups is 1. The SMILES string of the molecule is C=CCNC(=NCc1cc(C)cc(OC)c1)NCc1nnc(C)n1C. The fourth-order valence-electron chi connectivity index (χ4n) is 2.31. The van der Waals surface area contributed by atoms with E-state index < -0.39 is 0 Å². The van der Waals surface area contributed by atoms with Crippen molar-refractivity contribution >= 4 is 5.96 Å². The molecule has 0 amide bonds. The molecule has 2 N–H and O–H groups in total. The first-order chi connectivity index (χ1) is 12.0. The average molecular weight is 342 g/mol. The molecule has 0 atom stereocenters. The molecule has 1 heterocycles. The van der Waals surface area contributed by atoms with Gasteiger partial charge in [-0.2, -0.15) is 0 Å². The summed E-state index contributed by atoms with van der Waals surface area (Å²) in [6.45, 7) is 9.41. The summed E-state index contributed by atoms with van der Waals surface area (Å²) in [6.07, 6.45) is 1.79. The van der Waals surface area contributed by atoms with Crippen molar-refractivity contribution in [2.24, 2.45) is 12.0 Å². The van der Waals surface area contributed by atoms with Crippen LogP contribution in [-0.4, -0.2) is 34.4 Å². The van der Waals surface area contributed by atoms with Crippen molar-refractivity contribution in [3.8, 4) is 5.75 Å². The van der Waals surface area contributed by atoms with Gasteiger partial charge in [0.25, 0.3) is 0 Å². The van der Waals surface area contributed by atoms with E-state index in [9.17, 15) is 0 Å². The number of aryl methyl sites for hydroxylation is 2. The van der Waals surface area contributed by atoms with Gasteiger partial charge in [0.15, 0.2) is 11.8 Å². The standard InChI is InChI=1S/C18H26N6O/c1-6-7-19-18(21-12-17-23-22-14(3)24(17)4)20-11-15-8-13(2)9-16(10-15)25-5/h6,8-10H,1,7,11-12H2,2-5H3,(H2,19,20,21). The van der Waals surface area contributed by atoms with Gasteiger partial charge in [-0.3, -0.25) is 0 Å². The highest BCUT2D eigenvalue weighted by Crippen LogP contribution is 2.16. The van der Waals surface area contributed by atoms with Gasteiger partial charge in [-0.15, -0.1) is 16.8 Å². The number of hydrogen-bond acceptors (Lipinski definition) is 4. The quantitative estimate of drug-likeness (QED) is 0.456. The second-order valence-corrected chi connectivity index (χ2v) is 5.77. The molecule has 1 aromatic carbocycles. The van der Waals surface area contributed by atoms with Crippen molar-refractivity contribution in [1.29, 1.82) is 0 Å². The molecule has 2 rings (SSSR count). The molecule has 0 saturated heterocycles. The Hall–Kier alpha value is -2.83. The second-order valence-electron chi connectivity index (χ2n) is 5.77. The molecule has 0 aliphatic carbocycles. The Morgan fingerprint density at radius 3 is 2.72 bits per heavy atom. The fraction of sp³-hybridized carbons (Fsp3) is 0.389. The molecule has 134 valence electrons. The van der Waals surface area contributed by atoms with E-state index in [2.05, 4.69) is 38.5 Å². The highest BCUT2D eigenvalue weighted by Gasteiger charge is 2.06. The highest BCUT2D eigenvalue weighted by atomic mass is 16.5. The summed E-state index contributed by atoms with van der Waals surface area (Å²) in [5.41, 5.74) is 2.23. The van der Waals surface area contributed by atoms with E-state index in [0.29, 0.717) is 25.6 Å². The van der Waals surface area contributed by atoms with Crippen molar-refractivity contribution in [3.63, 3.8) is 0 Å². The lowest BCUT2D eigenvalue weighted by molar-refractivity contribution is 0.414. The van der Waals surface area contributed by atoms with Gasteiger partial charge >= 0.3 is 0 Å². The minimum absolute atomic E-state index is 0.539. The molecule has 0 aliphatic rings. The molecular weight excluding hydrogens is 316 g/mol. The highest BCUT2D eigenvalue weighted by molar-refractivity contribution is 5.79. The zero-order valence-electron chi connectivity index (χ0n) is 15.3. The van der Waals surface area contributed by atoms with Gasteiger partial charge in [-0.05, 0) is 37.1 Å². The lowest BCUT2D eigenvalue weighted by Gasteiger charge is -2.12. The lowest BCUT2D eigenvalue weighted by Crippen LogP contribution is -2.37. The van der Waals surface area contributed by atoms with Gasteiger partial charge in [-0.1, -0.05) is 12.1 Å². The number of nitrogens with zero attached hydrogens (tertiary/aromatic N) is 4. The van der Waals surface area contributed by atoms with Crippen LogP contribution in [0.25, 0.3) is 0 Å². The maximum atomic E-state index is 5.32. The minimum Gasteiger partial charge on any atom is -0.497 e. The molecule has 0 radical (unpaired) electrons. The molecule has 2 aromatic rings. The molecule has 25 heavy (non-hydrogen) atoms. The molecule has 0 bridgehead atoms. The number of aromatic nitrogens is 3. The number of nitrogens with one attached hydrogen (secondary N) is 2. The molecular formula is C18H26N6O. The van der Waals surface area contributed by atoms with E-state index in [1.54, 1.807) is 13.2 Å². The molecule has 1 aromatic heterocycles. The van der Waals surface area contributed by atoms with E-state index in [1.165, 1.54) is 0 Å². The number of aliphatic imine (C=N–C) groups is 1. The average Bonchev–Trinajstić information content (AvgIpc) is 2.92. The molecule has 0 aliphatic heterocycles. The first-order valence-electron chi connectivity index (χ1n) is 8.16. The smallest absolute Gasteiger partial charge is 0.192 e. The van der Waals surface area contributed by atoms with E-state index >= 15 is 0 Å². The third-order valence-electron chi connectivity index (χ3n) is 3.78. The summed E-state index contributed by atoms with van der Waals surface area (Å²) < 4.78 is 7.27. The summed E-state index contributed by atoms with van der Waals surface area (Å²) >= 11 is 0. The molecule has 7 nitrogen and oxygen atoms in total. The molecule has 0 fully saturated rings. The lowest BCUT2D eigenvalue weighted by atomic mass is 10.1. The predicted octanol–water partition coefficient (Wildman–Crippen LogP) is 1.86. The molecule has 0 saturated carbocycles. The van der Waals surface area contributed by atoms with Crippen molar-refractivity contribution in [2.75, 3.05) is 13.7 Å². The van der Waals surface area contributed by atoms with E-state index in [-0.39, 0.29) is 0 Å². The third kappa shape index (κ3) is 5.34. The Bertz CT molecular complexity index is 750. The summed E-state index contributed by atoms with van der Waals surface area (Å²) in [7, 11) is 3.61. The second kappa shape index (κ2) is 8.86. The monoisotopic (exact) mass is 342 g/mol. The van der Waals surface area contributed by atoms with Crippen molar-refractivity contribution < 1.29 is 4.74 Å². The number of benzene rings is 1. The number of rotatable bonds is 7. The van der Waals surface area contributed by atoms with Crippen LogP contribution in [0, 0.1) is 13.8 Å². The number of ether oxygens (including phenoxy) is 1. The van der Waals surface area contributed by atoms with Crippen LogP contribution in [0.5, 0.6) is 5.75 Å². The Morgan fingerprint density at radius 2 is 2.08 bits per heavy atom. The van der Waals surface area contributed by atoms with Crippen LogP contribution in [0.3, 0.4) is 0 Å². The normalized spacial score (nSPS) is 11.3. The van der Waals surface area contributed by atoms with Gasteiger partial charge in [-0.25, -0.2) is 4.99 Å². The van der Waals surface area contributed by atoms with Crippen molar-refractivity contribution in [3.05, 3.63) is 53.6 Å². The molecule has 7 heteroatoms. The van der Waals surface area contributed by atoms with Gasteiger partial charge < -0.3 is 19.9 Å². The minimum atomic E-state index is 0.539. The molecule has 0 unspecified atom stereocenters. The first-order valence-corrected chi connectivity index (χ1v) is 8.16. The van der Waals surface area contributed by atoms with Gasteiger partial charge in [0, 0.05) is 13.6 Å². The molecule has 0 spiro atoms. The summed E-state index contributed by atoms with van der Waals surface area (Å²) in [4.78, 5) is 4.63. The summed E-state index contributed by atoms with van der Waals surface area (Å²) in [5, 5.41) is 14.7. The zero-order chi connectivity index (χ0) is 18.2. The van der Waals surface area contributed by atoms with Crippen LogP contribution in [0.2, 0.25) is 0 Å².